The molecule has 0 saturated carbocycles. The Balaban J connectivity index is 0.880. The predicted octanol–water partition coefficient (Wildman–Crippen LogP) is 25.9. The molecular formula is C102H80BN5O. The molecule has 7 heteroatoms. The number of hydrogen-bond donors (Lipinski definition) is 0. The van der Waals surface area contributed by atoms with E-state index >= 15 is 0 Å². The fraction of sp³-hybridized carbons (Fsp3) is 0.118. The summed E-state index contributed by atoms with van der Waals surface area (Å²) in [4.78, 5) is 4.86. The maximum absolute atomic E-state index is 9.83. The van der Waals surface area contributed by atoms with Crippen molar-refractivity contribution >= 4 is 145 Å². The summed E-state index contributed by atoms with van der Waals surface area (Å²) >= 11 is 0. The van der Waals surface area contributed by atoms with Gasteiger partial charge in [-0.05, 0) is 193 Å². The summed E-state index contributed by atoms with van der Waals surface area (Å²) in [5.74, 6) is 0. The molecule has 6 heterocycles. The number of benzene rings is 15. The third-order valence-electron chi connectivity index (χ3n) is 23.1. The van der Waals surface area contributed by atoms with Gasteiger partial charge in [-0.25, -0.2) is 0 Å². The maximum atomic E-state index is 9.83. The van der Waals surface area contributed by atoms with Gasteiger partial charge in [-0.2, -0.15) is 0 Å². The monoisotopic (exact) mass is 1410 g/mol. The Bertz CT molecular complexity index is 7360. The van der Waals surface area contributed by atoms with Gasteiger partial charge in [0.2, 0.25) is 0 Å². The SMILES string of the molecule is [2H]c1c([2H])c([2H])c2c(c1[2H])c1c([2H])c([2H])c([2H])c([2H])c1n2-c1ccc2c(c1)N(c1cccc3c1oc1c(-c4ccc5c(c4)c4ccccc4n5-c4ccccc4)cccc13)c1cc(C(C)(C)C)cc3c1B2c1ccc(-n2c4ccc(C(C)(C)C)cc4c4cc(C(C)(C)C)ccc42)cc1N3c1ccc(-c2ccccc2)cc1-c1ccccc1. The molecule has 0 amide bonds. The fourth-order valence-electron chi connectivity index (χ4n) is 17.7. The second-order valence-corrected chi connectivity index (χ2v) is 32.7. The molecule has 0 fully saturated rings. The average molecular weight is 1410 g/mol. The molecule has 0 aliphatic carbocycles. The van der Waals surface area contributed by atoms with E-state index in [1.165, 1.54) is 21.9 Å². The molecule has 19 aromatic rings. The summed E-state index contributed by atoms with van der Waals surface area (Å²) in [7, 11) is 0. The molecule has 2 aliphatic heterocycles. The van der Waals surface area contributed by atoms with Crippen molar-refractivity contribution in [2.24, 2.45) is 0 Å². The van der Waals surface area contributed by atoms with Gasteiger partial charge in [0.05, 0.1) is 55.4 Å². The van der Waals surface area contributed by atoms with Crippen molar-refractivity contribution < 1.29 is 15.4 Å². The quantitative estimate of drug-likeness (QED) is 0.142. The van der Waals surface area contributed by atoms with E-state index in [0.717, 1.165) is 144 Å². The first-order chi connectivity index (χ1) is 56.3. The maximum Gasteiger partial charge on any atom is 0.252 e. The van der Waals surface area contributed by atoms with Crippen LogP contribution in [0.1, 0.15) is 90.0 Å². The minimum absolute atomic E-state index is 0.00245. The molecule has 0 N–H and O–H groups in total. The van der Waals surface area contributed by atoms with Crippen molar-refractivity contribution in [2.45, 2.75) is 78.6 Å². The Labute approximate surface area is 646 Å². The highest BCUT2D eigenvalue weighted by molar-refractivity contribution is 7.00. The number of nitrogens with zero attached hydrogens (tertiary/aromatic N) is 5. The summed E-state index contributed by atoms with van der Waals surface area (Å²) < 4.78 is 89.6. The molecule has 0 bridgehead atoms. The van der Waals surface area contributed by atoms with E-state index in [1.54, 1.807) is 4.57 Å². The minimum Gasteiger partial charge on any atom is -0.453 e. The lowest BCUT2D eigenvalue weighted by Crippen LogP contribution is -2.61. The fourth-order valence-corrected chi connectivity index (χ4v) is 17.7. The molecular weight excluding hydrogens is 1320 g/mol. The van der Waals surface area contributed by atoms with Crippen molar-refractivity contribution in [1.82, 2.24) is 13.7 Å². The van der Waals surface area contributed by atoms with E-state index in [-0.39, 0.29) is 44.7 Å². The summed E-state index contributed by atoms with van der Waals surface area (Å²) in [6.07, 6.45) is 0. The molecule has 522 valence electrons. The Morgan fingerprint density at radius 3 is 1.36 bits per heavy atom. The van der Waals surface area contributed by atoms with Gasteiger partial charge in [0.15, 0.2) is 5.58 Å². The van der Waals surface area contributed by atoms with Gasteiger partial charge in [0.25, 0.3) is 6.71 Å². The lowest BCUT2D eigenvalue weighted by Gasteiger charge is -2.45. The molecule has 0 atom stereocenters. The van der Waals surface area contributed by atoms with Crippen LogP contribution in [-0.2, 0) is 16.2 Å². The van der Waals surface area contributed by atoms with E-state index in [0.29, 0.717) is 16.9 Å². The van der Waals surface area contributed by atoms with E-state index in [9.17, 15) is 8.22 Å². The normalized spacial score (nSPS) is 14.2. The first-order valence-electron chi connectivity index (χ1n) is 41.8. The first-order valence-corrected chi connectivity index (χ1v) is 37.8. The van der Waals surface area contributed by atoms with E-state index in [1.807, 2.05) is 12.1 Å². The number of furan rings is 1. The lowest BCUT2D eigenvalue weighted by molar-refractivity contribution is 0.590. The number of rotatable bonds is 8. The first kappa shape index (κ1) is 56.5. The topological polar surface area (TPSA) is 34.4 Å². The van der Waals surface area contributed by atoms with Crippen LogP contribution in [0.25, 0.3) is 138 Å². The Hall–Kier alpha value is -12.8. The number of fused-ring (bicyclic) bond motifs is 16. The summed E-state index contributed by atoms with van der Waals surface area (Å²) in [6, 6.07) is 95.2. The van der Waals surface area contributed by atoms with Crippen LogP contribution in [0.5, 0.6) is 0 Å². The third-order valence-corrected chi connectivity index (χ3v) is 23.1. The van der Waals surface area contributed by atoms with Crippen LogP contribution < -0.4 is 26.2 Å². The second kappa shape index (κ2) is 23.8. The van der Waals surface area contributed by atoms with Crippen LogP contribution in [0.4, 0.5) is 34.1 Å². The lowest BCUT2D eigenvalue weighted by atomic mass is 9.33. The second-order valence-electron chi connectivity index (χ2n) is 32.7. The number of para-hydroxylation sites is 6. The molecule has 0 saturated heterocycles. The van der Waals surface area contributed by atoms with Crippen LogP contribution in [0.15, 0.2) is 326 Å². The smallest absolute Gasteiger partial charge is 0.252 e. The van der Waals surface area contributed by atoms with Gasteiger partial charge in [0, 0.05) is 94.0 Å². The van der Waals surface area contributed by atoms with E-state index in [2.05, 4.69) is 342 Å². The molecule has 2 aliphatic rings. The van der Waals surface area contributed by atoms with Gasteiger partial charge in [-0.3, -0.25) is 0 Å². The predicted molar refractivity (Wildman–Crippen MR) is 463 cm³/mol. The summed E-state index contributed by atoms with van der Waals surface area (Å²) in [5.41, 5.74) is 25.5. The van der Waals surface area contributed by atoms with Crippen molar-refractivity contribution in [3.63, 3.8) is 0 Å². The molecule has 4 aromatic heterocycles. The Morgan fingerprint density at radius 2 is 0.752 bits per heavy atom. The molecule has 15 aromatic carbocycles. The van der Waals surface area contributed by atoms with Gasteiger partial charge < -0.3 is 27.9 Å². The van der Waals surface area contributed by atoms with E-state index in [4.69, 9.17) is 7.16 Å². The van der Waals surface area contributed by atoms with Crippen molar-refractivity contribution in [2.75, 3.05) is 9.80 Å². The largest absolute Gasteiger partial charge is 0.453 e. The van der Waals surface area contributed by atoms with Gasteiger partial charge in [-0.1, -0.05) is 262 Å². The molecule has 0 radical (unpaired) electrons. The third kappa shape index (κ3) is 9.95. The highest BCUT2D eigenvalue weighted by atomic mass is 16.3. The Kier molecular flexibility index (Phi) is 12.4. The zero-order chi connectivity index (χ0) is 80.5. The highest BCUT2D eigenvalue weighted by Crippen LogP contribution is 2.53. The van der Waals surface area contributed by atoms with Crippen LogP contribution >= 0.6 is 0 Å². The summed E-state index contributed by atoms with van der Waals surface area (Å²) in [6.45, 7) is 20.0. The Morgan fingerprint density at radius 1 is 0.275 bits per heavy atom. The molecule has 21 rings (SSSR count). The van der Waals surface area contributed by atoms with Crippen LogP contribution in [0.3, 0.4) is 0 Å². The molecule has 6 nitrogen and oxygen atoms in total. The van der Waals surface area contributed by atoms with Crippen LogP contribution in [0, 0.1) is 0 Å². The van der Waals surface area contributed by atoms with Gasteiger partial charge >= 0.3 is 0 Å². The van der Waals surface area contributed by atoms with Crippen molar-refractivity contribution in [1.29, 1.82) is 0 Å². The van der Waals surface area contributed by atoms with Gasteiger partial charge in [0.1, 0.15) is 5.58 Å². The molecule has 0 unspecified atom stereocenters. The van der Waals surface area contributed by atoms with Crippen molar-refractivity contribution in [3.05, 3.63) is 338 Å². The number of anilines is 6. The molecule has 0 spiro atoms. The summed E-state index contributed by atoms with van der Waals surface area (Å²) in [5, 5.41) is 6.42. The number of hydrogen-bond acceptors (Lipinski definition) is 3. The van der Waals surface area contributed by atoms with Gasteiger partial charge in [-0.15, -0.1) is 0 Å². The highest BCUT2D eigenvalue weighted by Gasteiger charge is 2.46. The standard InChI is InChI=1S/C102H80BN5O/c1-100(2,3)67-45-53-90-81(57-67)82-58-68(101(4,5)6)46-54-91(82)106(90)72-48-49-83-93(61-72)107(88-51-43-65(63-27-13-10-14-28-63)55-79(88)64-29-15-11-16-30-64)95-59-69(102(7,8)9)60-96-97(95)103(83)84-50-47-71(105-85-39-22-19-33-74(85)75-34-20-23-40-86(75)105)62-94(84)108(96)92-42-26-38-78-77-37-25-36-73(98(77)109-99(78)92)66-44-52-89-80(56-66)76-35-21-24-41-87(76)104(89)70-31-17-12-18-32-70/h10-62H,1-9H3/i19D,20D,22D,23D,33D,34D,39D,40D. The van der Waals surface area contributed by atoms with Crippen LogP contribution in [-0.4, -0.2) is 20.4 Å². The molecule has 109 heavy (non-hydrogen) atoms. The van der Waals surface area contributed by atoms with Crippen LogP contribution in [0.2, 0.25) is 0 Å². The zero-order valence-corrected chi connectivity index (χ0v) is 62.2. The number of aromatic nitrogens is 3. The average Bonchev–Trinajstić information content (AvgIpc) is 1.27. The minimum atomic E-state index is -0.505. The van der Waals surface area contributed by atoms with Crippen molar-refractivity contribution in [3.8, 4) is 50.4 Å². The zero-order valence-electron chi connectivity index (χ0n) is 70.2. The van der Waals surface area contributed by atoms with E-state index < -0.39 is 48.4 Å².